The van der Waals surface area contributed by atoms with Gasteiger partial charge in [0.25, 0.3) is 0 Å². The number of hydrogen-bond acceptors (Lipinski definition) is 2. The van der Waals surface area contributed by atoms with Gasteiger partial charge in [0.1, 0.15) is 16.5 Å². The smallest absolute Gasteiger partial charge is 0.353 e. The lowest BCUT2D eigenvalue weighted by Gasteiger charge is -2.11. The third-order valence-corrected chi connectivity index (χ3v) is 6.34. The second-order valence-electron chi connectivity index (χ2n) is 7.62. The van der Waals surface area contributed by atoms with Crippen molar-refractivity contribution >= 4 is 40.1 Å². The van der Waals surface area contributed by atoms with Crippen molar-refractivity contribution in [2.24, 2.45) is 0 Å². The number of carboxylic acids is 1. The SMILES string of the molecule is Cc1ccccc1-c1c(C(=O)O)n(CCCCOc2cccc(Cl)c2Cl)c2ccccc12. The summed E-state index contributed by atoms with van der Waals surface area (Å²) in [6.07, 6.45) is 1.50. The molecule has 0 aliphatic heterocycles. The second-order valence-corrected chi connectivity index (χ2v) is 8.41. The van der Waals surface area contributed by atoms with E-state index in [1.807, 2.05) is 60.0 Å². The van der Waals surface area contributed by atoms with Gasteiger partial charge < -0.3 is 14.4 Å². The maximum atomic E-state index is 12.4. The van der Waals surface area contributed by atoms with Crippen LogP contribution in [0.5, 0.6) is 5.75 Å². The Morgan fingerprint density at radius 1 is 0.969 bits per heavy atom. The number of carbonyl (C=O) groups is 1. The van der Waals surface area contributed by atoms with Crippen molar-refractivity contribution in [2.45, 2.75) is 26.3 Å². The van der Waals surface area contributed by atoms with Gasteiger partial charge in [0.15, 0.2) is 0 Å². The molecule has 32 heavy (non-hydrogen) atoms. The minimum atomic E-state index is -0.929. The first-order chi connectivity index (χ1) is 15.5. The van der Waals surface area contributed by atoms with Crippen LogP contribution < -0.4 is 4.74 Å². The number of para-hydroxylation sites is 1. The molecule has 4 nitrogen and oxygen atoms in total. The summed E-state index contributed by atoms with van der Waals surface area (Å²) in [4.78, 5) is 12.4. The third-order valence-electron chi connectivity index (χ3n) is 5.54. The molecule has 0 fully saturated rings. The average Bonchev–Trinajstić information content (AvgIpc) is 3.11. The van der Waals surface area contributed by atoms with Crippen molar-refractivity contribution in [3.05, 3.63) is 88.0 Å². The van der Waals surface area contributed by atoms with Gasteiger partial charge in [-0.25, -0.2) is 4.79 Å². The number of halogens is 2. The molecule has 0 unspecified atom stereocenters. The van der Waals surface area contributed by atoms with Crippen LogP contribution in [0.1, 0.15) is 28.9 Å². The molecule has 6 heteroatoms. The number of carboxylic acid groups (broad SMARTS) is 1. The zero-order chi connectivity index (χ0) is 22.7. The van der Waals surface area contributed by atoms with Crippen molar-refractivity contribution in [1.82, 2.24) is 4.57 Å². The zero-order valence-electron chi connectivity index (χ0n) is 17.6. The fourth-order valence-corrected chi connectivity index (χ4v) is 4.38. The van der Waals surface area contributed by atoms with Gasteiger partial charge in [-0.15, -0.1) is 0 Å². The molecular formula is C26H23Cl2NO3. The maximum absolute atomic E-state index is 12.4. The van der Waals surface area contributed by atoms with Gasteiger partial charge in [0, 0.05) is 23.0 Å². The lowest BCUT2D eigenvalue weighted by molar-refractivity contribution is 0.0686. The molecule has 1 N–H and O–H groups in total. The normalized spacial score (nSPS) is 11.1. The van der Waals surface area contributed by atoms with Crippen LogP contribution in [0.2, 0.25) is 10.0 Å². The molecule has 0 saturated carbocycles. The molecule has 0 spiro atoms. The van der Waals surface area contributed by atoms with E-state index in [0.29, 0.717) is 34.6 Å². The molecule has 0 atom stereocenters. The molecule has 4 rings (SSSR count). The van der Waals surface area contributed by atoms with E-state index in [1.165, 1.54) is 0 Å². The van der Waals surface area contributed by atoms with Crippen molar-refractivity contribution < 1.29 is 14.6 Å². The summed E-state index contributed by atoms with van der Waals surface area (Å²) in [6.45, 7) is 3.04. The number of rotatable bonds is 8. The van der Waals surface area contributed by atoms with Crippen LogP contribution in [0.4, 0.5) is 0 Å². The number of nitrogens with zero attached hydrogens (tertiary/aromatic N) is 1. The standard InChI is InChI=1S/C26H23Cl2NO3/c1-17-9-2-3-10-18(17)23-19-11-4-5-13-21(19)29(25(23)26(30)31)15-6-7-16-32-22-14-8-12-20(27)24(22)28/h2-5,8-14H,6-7,15-16H2,1H3,(H,30,31). The van der Waals surface area contributed by atoms with Crippen LogP contribution in [0.15, 0.2) is 66.7 Å². The third kappa shape index (κ3) is 4.34. The summed E-state index contributed by atoms with van der Waals surface area (Å²) in [5.74, 6) is -0.375. The van der Waals surface area contributed by atoms with Crippen molar-refractivity contribution in [3.63, 3.8) is 0 Å². The van der Waals surface area contributed by atoms with Gasteiger partial charge in [-0.1, -0.05) is 71.7 Å². The molecule has 1 aromatic heterocycles. The van der Waals surface area contributed by atoms with Gasteiger partial charge in [-0.05, 0) is 49.1 Å². The molecule has 0 amide bonds. The highest BCUT2D eigenvalue weighted by Crippen LogP contribution is 2.37. The monoisotopic (exact) mass is 467 g/mol. The molecular weight excluding hydrogens is 445 g/mol. The highest BCUT2D eigenvalue weighted by atomic mass is 35.5. The number of aromatic carboxylic acids is 1. The Morgan fingerprint density at radius 2 is 1.72 bits per heavy atom. The lowest BCUT2D eigenvalue weighted by atomic mass is 9.97. The Balaban J connectivity index is 1.59. The Bertz CT molecular complexity index is 1280. The van der Waals surface area contributed by atoms with Crippen molar-refractivity contribution in [2.75, 3.05) is 6.61 Å². The van der Waals surface area contributed by atoms with E-state index in [-0.39, 0.29) is 0 Å². The van der Waals surface area contributed by atoms with Crippen LogP contribution in [-0.2, 0) is 6.54 Å². The van der Waals surface area contributed by atoms with Gasteiger partial charge in [0.05, 0.1) is 11.6 Å². The first-order valence-corrected chi connectivity index (χ1v) is 11.2. The van der Waals surface area contributed by atoms with Crippen LogP contribution in [0, 0.1) is 6.92 Å². The Kier molecular flexibility index (Phi) is 6.73. The number of fused-ring (bicyclic) bond motifs is 1. The fourth-order valence-electron chi connectivity index (χ4n) is 4.03. The van der Waals surface area contributed by atoms with Gasteiger partial charge >= 0.3 is 5.97 Å². The Hall–Kier alpha value is -2.95. The summed E-state index contributed by atoms with van der Waals surface area (Å²) in [7, 11) is 0. The molecule has 1 heterocycles. The van der Waals surface area contributed by atoms with E-state index >= 15 is 0 Å². The average molecular weight is 468 g/mol. The van der Waals surface area contributed by atoms with Gasteiger partial charge in [-0.2, -0.15) is 0 Å². The zero-order valence-corrected chi connectivity index (χ0v) is 19.2. The quantitative estimate of drug-likeness (QED) is 0.273. The molecule has 3 aromatic carbocycles. The minimum absolute atomic E-state index is 0.319. The molecule has 0 saturated heterocycles. The van der Waals surface area contributed by atoms with Crippen LogP contribution in [-0.4, -0.2) is 22.2 Å². The van der Waals surface area contributed by atoms with Crippen molar-refractivity contribution in [3.8, 4) is 16.9 Å². The molecule has 0 aliphatic carbocycles. The van der Waals surface area contributed by atoms with Crippen LogP contribution >= 0.6 is 23.2 Å². The number of aryl methyl sites for hydroxylation is 2. The summed E-state index contributed by atoms with van der Waals surface area (Å²) < 4.78 is 7.68. The lowest BCUT2D eigenvalue weighted by Crippen LogP contribution is -2.11. The van der Waals surface area contributed by atoms with E-state index in [9.17, 15) is 9.90 Å². The minimum Gasteiger partial charge on any atom is -0.492 e. The highest BCUT2D eigenvalue weighted by Gasteiger charge is 2.23. The predicted molar refractivity (Wildman–Crippen MR) is 130 cm³/mol. The van der Waals surface area contributed by atoms with Gasteiger partial charge in [0.2, 0.25) is 0 Å². The highest BCUT2D eigenvalue weighted by molar-refractivity contribution is 6.42. The Labute approximate surface area is 197 Å². The van der Waals surface area contributed by atoms with Crippen molar-refractivity contribution in [1.29, 1.82) is 0 Å². The van der Waals surface area contributed by atoms with E-state index in [2.05, 4.69) is 0 Å². The molecule has 0 bridgehead atoms. The summed E-state index contributed by atoms with van der Waals surface area (Å²) in [6, 6.07) is 21.0. The number of unbranched alkanes of at least 4 members (excludes halogenated alkanes) is 1. The summed E-state index contributed by atoms with van der Waals surface area (Å²) >= 11 is 12.2. The molecule has 4 aromatic rings. The second kappa shape index (κ2) is 9.68. The van der Waals surface area contributed by atoms with E-state index < -0.39 is 5.97 Å². The number of hydrogen-bond donors (Lipinski definition) is 1. The first-order valence-electron chi connectivity index (χ1n) is 10.5. The number of benzene rings is 3. The molecule has 164 valence electrons. The largest absolute Gasteiger partial charge is 0.492 e. The molecule has 0 aliphatic rings. The Morgan fingerprint density at radius 3 is 2.50 bits per heavy atom. The van der Waals surface area contributed by atoms with E-state index in [4.69, 9.17) is 27.9 Å². The maximum Gasteiger partial charge on any atom is 0.353 e. The van der Waals surface area contributed by atoms with E-state index in [0.717, 1.165) is 40.4 Å². The van der Waals surface area contributed by atoms with Crippen LogP contribution in [0.25, 0.3) is 22.0 Å². The molecule has 0 radical (unpaired) electrons. The van der Waals surface area contributed by atoms with Crippen LogP contribution in [0.3, 0.4) is 0 Å². The fraction of sp³-hybridized carbons (Fsp3) is 0.192. The topological polar surface area (TPSA) is 51.5 Å². The number of aromatic nitrogens is 1. The predicted octanol–water partition coefficient (Wildman–Crippen LogP) is 7.48. The van der Waals surface area contributed by atoms with E-state index in [1.54, 1.807) is 18.2 Å². The summed E-state index contributed by atoms with van der Waals surface area (Å²) in [5, 5.41) is 11.9. The first kappa shape index (κ1) is 22.3. The summed E-state index contributed by atoms with van der Waals surface area (Å²) in [5.41, 5.74) is 4.00. The van der Waals surface area contributed by atoms with Gasteiger partial charge in [-0.3, -0.25) is 0 Å². The number of ether oxygens (including phenoxy) is 1.